The van der Waals surface area contributed by atoms with Crippen LogP contribution in [0.4, 0.5) is 11.4 Å². The van der Waals surface area contributed by atoms with Gasteiger partial charge < -0.3 is 11.1 Å². The number of carbonyl (C=O) groups excluding carboxylic acids is 1. The quantitative estimate of drug-likeness (QED) is 0.601. The van der Waals surface area contributed by atoms with Crippen molar-refractivity contribution < 1.29 is 9.72 Å². The summed E-state index contributed by atoms with van der Waals surface area (Å²) < 4.78 is 0. The molecule has 0 saturated carbocycles. The molecule has 1 atom stereocenters. The molecule has 0 fully saturated rings. The maximum Gasteiger partial charge on any atom is 0.271 e. The Bertz CT molecular complexity index is 418. The number of nitrogens with one attached hydrogen (secondary N) is 1. The number of carbonyl (C=O) groups is 1. The fraction of sp³-hybridized carbons (Fsp3) is 0.364. The van der Waals surface area contributed by atoms with Crippen LogP contribution in [0.2, 0.25) is 0 Å². The summed E-state index contributed by atoms with van der Waals surface area (Å²) in [6, 6.07) is 5.79. The van der Waals surface area contributed by atoms with E-state index < -0.39 is 4.92 Å². The SMILES string of the molecule is CC(N)CCC(=O)Nc1cccc([N+](=O)[O-])c1. The van der Waals surface area contributed by atoms with E-state index in [-0.39, 0.29) is 17.6 Å². The first-order valence-corrected chi connectivity index (χ1v) is 5.29. The van der Waals surface area contributed by atoms with Crippen LogP contribution in [0.25, 0.3) is 0 Å². The van der Waals surface area contributed by atoms with E-state index in [1.165, 1.54) is 18.2 Å². The van der Waals surface area contributed by atoms with Crippen LogP contribution < -0.4 is 11.1 Å². The van der Waals surface area contributed by atoms with Gasteiger partial charge in [-0.15, -0.1) is 0 Å². The van der Waals surface area contributed by atoms with Crippen LogP contribution in [-0.4, -0.2) is 16.9 Å². The van der Waals surface area contributed by atoms with E-state index in [0.29, 0.717) is 18.5 Å². The minimum absolute atomic E-state index is 0.0362. The number of anilines is 1. The third-order valence-corrected chi connectivity index (χ3v) is 2.17. The zero-order chi connectivity index (χ0) is 12.8. The highest BCUT2D eigenvalue weighted by Crippen LogP contribution is 2.17. The van der Waals surface area contributed by atoms with Gasteiger partial charge in [-0.25, -0.2) is 0 Å². The van der Waals surface area contributed by atoms with Crippen LogP contribution in [-0.2, 0) is 4.79 Å². The number of nitrogens with zero attached hydrogens (tertiary/aromatic N) is 1. The zero-order valence-corrected chi connectivity index (χ0v) is 9.55. The molecule has 92 valence electrons. The monoisotopic (exact) mass is 237 g/mol. The lowest BCUT2D eigenvalue weighted by molar-refractivity contribution is -0.384. The van der Waals surface area contributed by atoms with Crippen LogP contribution in [0.3, 0.4) is 0 Å². The predicted molar refractivity (Wildman–Crippen MR) is 64.6 cm³/mol. The molecule has 0 aliphatic heterocycles. The Balaban J connectivity index is 2.59. The third kappa shape index (κ3) is 4.60. The van der Waals surface area contributed by atoms with Crippen molar-refractivity contribution in [3.05, 3.63) is 34.4 Å². The average molecular weight is 237 g/mol. The van der Waals surface area contributed by atoms with Gasteiger partial charge >= 0.3 is 0 Å². The molecule has 0 heterocycles. The molecular formula is C11H15N3O3. The van der Waals surface area contributed by atoms with Gasteiger partial charge in [-0.05, 0) is 19.4 Å². The Hall–Kier alpha value is -1.95. The fourth-order valence-corrected chi connectivity index (χ4v) is 1.28. The average Bonchev–Trinajstić information content (AvgIpc) is 2.26. The first kappa shape index (κ1) is 13.1. The minimum Gasteiger partial charge on any atom is -0.328 e. The molecule has 0 aliphatic carbocycles. The van der Waals surface area contributed by atoms with E-state index in [1.54, 1.807) is 6.07 Å². The summed E-state index contributed by atoms with van der Waals surface area (Å²) in [5.74, 6) is -0.192. The summed E-state index contributed by atoms with van der Waals surface area (Å²) in [6.07, 6.45) is 0.890. The van der Waals surface area contributed by atoms with Crippen molar-refractivity contribution in [3.8, 4) is 0 Å². The number of nitrogens with two attached hydrogens (primary N) is 1. The summed E-state index contributed by atoms with van der Waals surface area (Å²) in [4.78, 5) is 21.5. The molecule has 1 unspecified atom stereocenters. The number of hydrogen-bond donors (Lipinski definition) is 2. The van der Waals surface area contributed by atoms with Gasteiger partial charge in [0, 0.05) is 30.3 Å². The van der Waals surface area contributed by atoms with Gasteiger partial charge in [0.05, 0.1) is 4.92 Å². The molecule has 0 saturated heterocycles. The summed E-state index contributed by atoms with van der Waals surface area (Å²) in [5.41, 5.74) is 5.91. The van der Waals surface area contributed by atoms with Gasteiger partial charge in [-0.2, -0.15) is 0 Å². The van der Waals surface area contributed by atoms with Crippen molar-refractivity contribution in [2.24, 2.45) is 5.73 Å². The van der Waals surface area contributed by atoms with Gasteiger partial charge in [0.2, 0.25) is 5.91 Å². The van der Waals surface area contributed by atoms with E-state index >= 15 is 0 Å². The summed E-state index contributed by atoms with van der Waals surface area (Å²) >= 11 is 0. The van der Waals surface area contributed by atoms with Crippen molar-refractivity contribution in [2.75, 3.05) is 5.32 Å². The molecule has 1 aromatic rings. The van der Waals surface area contributed by atoms with E-state index in [2.05, 4.69) is 5.32 Å². The third-order valence-electron chi connectivity index (χ3n) is 2.17. The van der Waals surface area contributed by atoms with Crippen LogP contribution in [0.15, 0.2) is 24.3 Å². The number of rotatable bonds is 5. The number of nitro groups is 1. The molecule has 1 rings (SSSR count). The molecule has 0 aliphatic rings. The fourth-order valence-electron chi connectivity index (χ4n) is 1.28. The molecule has 17 heavy (non-hydrogen) atoms. The highest BCUT2D eigenvalue weighted by Gasteiger charge is 2.08. The second-order valence-electron chi connectivity index (χ2n) is 3.87. The largest absolute Gasteiger partial charge is 0.328 e. The first-order valence-electron chi connectivity index (χ1n) is 5.29. The minimum atomic E-state index is -0.502. The second kappa shape index (κ2) is 5.95. The summed E-state index contributed by atoms with van der Waals surface area (Å²) in [7, 11) is 0. The van der Waals surface area contributed by atoms with Crippen LogP contribution in [0, 0.1) is 10.1 Å². The summed E-state index contributed by atoms with van der Waals surface area (Å²) in [6.45, 7) is 1.82. The Morgan fingerprint density at radius 1 is 1.59 bits per heavy atom. The van der Waals surface area contributed by atoms with Crippen molar-refractivity contribution in [3.63, 3.8) is 0 Å². The van der Waals surface area contributed by atoms with E-state index in [9.17, 15) is 14.9 Å². The first-order chi connectivity index (χ1) is 7.99. The van der Waals surface area contributed by atoms with Gasteiger partial charge in [0.15, 0.2) is 0 Å². The van der Waals surface area contributed by atoms with Gasteiger partial charge in [-0.3, -0.25) is 14.9 Å². The molecule has 6 nitrogen and oxygen atoms in total. The van der Waals surface area contributed by atoms with Crippen molar-refractivity contribution >= 4 is 17.3 Å². The summed E-state index contributed by atoms with van der Waals surface area (Å²) in [5, 5.41) is 13.1. The second-order valence-corrected chi connectivity index (χ2v) is 3.87. The highest BCUT2D eigenvalue weighted by molar-refractivity contribution is 5.90. The molecule has 1 aromatic carbocycles. The number of nitro benzene ring substituents is 1. The molecule has 1 amide bonds. The van der Waals surface area contributed by atoms with Gasteiger partial charge in [0.1, 0.15) is 0 Å². The smallest absolute Gasteiger partial charge is 0.271 e. The van der Waals surface area contributed by atoms with Crippen molar-refractivity contribution in [2.45, 2.75) is 25.8 Å². The maximum absolute atomic E-state index is 11.5. The Morgan fingerprint density at radius 3 is 2.88 bits per heavy atom. The van der Waals surface area contributed by atoms with E-state index in [0.717, 1.165) is 0 Å². The number of hydrogen-bond acceptors (Lipinski definition) is 4. The molecule has 0 spiro atoms. The number of benzene rings is 1. The molecule has 3 N–H and O–H groups in total. The molecule has 0 bridgehead atoms. The highest BCUT2D eigenvalue weighted by atomic mass is 16.6. The maximum atomic E-state index is 11.5. The van der Waals surface area contributed by atoms with Gasteiger partial charge in [-0.1, -0.05) is 6.07 Å². The Labute approximate surface area is 99.0 Å². The lowest BCUT2D eigenvalue weighted by Crippen LogP contribution is -2.19. The molecule has 6 heteroatoms. The van der Waals surface area contributed by atoms with Crippen LogP contribution in [0.5, 0.6) is 0 Å². The normalized spacial score (nSPS) is 11.9. The lowest BCUT2D eigenvalue weighted by atomic mass is 10.2. The predicted octanol–water partition coefficient (Wildman–Crippen LogP) is 1.66. The lowest BCUT2D eigenvalue weighted by Gasteiger charge is -2.06. The number of non-ortho nitro benzene ring substituents is 1. The topological polar surface area (TPSA) is 98.3 Å². The Kier molecular flexibility index (Phi) is 4.59. The van der Waals surface area contributed by atoms with E-state index in [4.69, 9.17) is 5.73 Å². The zero-order valence-electron chi connectivity index (χ0n) is 9.55. The van der Waals surface area contributed by atoms with Gasteiger partial charge in [0.25, 0.3) is 5.69 Å². The van der Waals surface area contributed by atoms with Crippen molar-refractivity contribution in [1.82, 2.24) is 0 Å². The Morgan fingerprint density at radius 2 is 2.29 bits per heavy atom. The number of amides is 1. The molecular weight excluding hydrogens is 222 g/mol. The van der Waals surface area contributed by atoms with Crippen LogP contribution >= 0.6 is 0 Å². The standard InChI is InChI=1S/C11H15N3O3/c1-8(12)5-6-11(15)13-9-3-2-4-10(7-9)14(16)17/h2-4,7-8H,5-6,12H2,1H3,(H,13,15). The molecule has 0 radical (unpaired) electrons. The van der Waals surface area contributed by atoms with Crippen LogP contribution in [0.1, 0.15) is 19.8 Å². The van der Waals surface area contributed by atoms with E-state index in [1.807, 2.05) is 6.92 Å². The van der Waals surface area contributed by atoms with Crippen molar-refractivity contribution in [1.29, 1.82) is 0 Å². The molecule has 0 aromatic heterocycles.